The number of nitrogens with zero attached hydrogens (tertiary/aromatic N) is 3. The van der Waals surface area contributed by atoms with E-state index in [2.05, 4.69) is 39.5 Å². The molecule has 0 aliphatic carbocycles. The zero-order valence-electron chi connectivity index (χ0n) is 22.6. The number of aliphatic imine (C=N–C) groups is 1. The summed E-state index contributed by atoms with van der Waals surface area (Å²) < 4.78 is 5.65. The summed E-state index contributed by atoms with van der Waals surface area (Å²) in [5.74, 6) is 0.224. The normalized spacial score (nSPS) is 19.2. The summed E-state index contributed by atoms with van der Waals surface area (Å²) in [6.45, 7) is 20.5. The lowest BCUT2D eigenvalue weighted by atomic mass is 9.88. The van der Waals surface area contributed by atoms with Gasteiger partial charge in [-0.15, -0.1) is 0 Å². The molecular weight excluding hydrogens is 440 g/mol. The average Bonchev–Trinajstić information content (AvgIpc) is 2.79. The number of amides is 2. The molecule has 7 nitrogen and oxygen atoms in total. The minimum absolute atomic E-state index is 0.217. The van der Waals surface area contributed by atoms with E-state index in [-0.39, 0.29) is 12.5 Å². The van der Waals surface area contributed by atoms with Crippen LogP contribution in [0.5, 0.6) is 0 Å². The number of ether oxygens (including phenoxy) is 1. The van der Waals surface area contributed by atoms with Gasteiger partial charge in [0.05, 0.1) is 18.3 Å². The number of hydrogen-bond acceptors (Lipinski definition) is 5. The maximum absolute atomic E-state index is 13.0. The Morgan fingerprint density at radius 1 is 1.26 bits per heavy atom. The number of rotatable bonds is 3. The monoisotopic (exact) mass is 482 g/mol. The largest absolute Gasteiger partial charge is 0.444 e. The summed E-state index contributed by atoms with van der Waals surface area (Å²) in [5.41, 5.74) is 11.4. The molecule has 0 bridgehead atoms. The van der Waals surface area contributed by atoms with Crippen molar-refractivity contribution in [2.24, 2.45) is 10.7 Å². The molecule has 2 aliphatic rings. The third-order valence-electron chi connectivity index (χ3n) is 5.97. The maximum atomic E-state index is 13.0. The fourth-order valence-corrected chi connectivity index (χ4v) is 4.28. The van der Waals surface area contributed by atoms with Gasteiger partial charge < -0.3 is 15.4 Å². The van der Waals surface area contributed by atoms with Gasteiger partial charge in [-0.1, -0.05) is 46.4 Å². The van der Waals surface area contributed by atoms with Gasteiger partial charge >= 0.3 is 6.09 Å². The van der Waals surface area contributed by atoms with Crippen LogP contribution in [0.2, 0.25) is 0 Å². The Bertz CT molecular complexity index is 1020. The first-order valence-corrected chi connectivity index (χ1v) is 12.5. The van der Waals surface area contributed by atoms with Gasteiger partial charge in [0.25, 0.3) is 0 Å². The van der Waals surface area contributed by atoms with E-state index in [1.807, 2.05) is 40.7 Å². The molecule has 0 radical (unpaired) electrons. The molecule has 1 aromatic rings. The molecule has 7 heteroatoms. The van der Waals surface area contributed by atoms with Crippen LogP contribution in [-0.2, 0) is 9.53 Å². The van der Waals surface area contributed by atoms with E-state index in [0.29, 0.717) is 31.1 Å². The van der Waals surface area contributed by atoms with Gasteiger partial charge in [0, 0.05) is 36.5 Å². The summed E-state index contributed by atoms with van der Waals surface area (Å²) in [7, 11) is 0. The van der Waals surface area contributed by atoms with Crippen molar-refractivity contribution < 1.29 is 14.3 Å². The Morgan fingerprint density at radius 2 is 1.91 bits per heavy atom. The summed E-state index contributed by atoms with van der Waals surface area (Å²) in [6, 6.07) is 5.90. The van der Waals surface area contributed by atoms with Crippen LogP contribution < -0.4 is 5.73 Å². The van der Waals surface area contributed by atoms with E-state index in [9.17, 15) is 9.59 Å². The number of carbonyl (C=O) groups excluding carboxylic acids is 2. The molecule has 1 fully saturated rings. The van der Waals surface area contributed by atoms with Crippen LogP contribution in [0.1, 0.15) is 71.9 Å². The molecule has 3 rings (SSSR count). The number of nitrogens with two attached hydrogens (primary N) is 1. The number of benzene rings is 1. The lowest BCUT2D eigenvalue weighted by Crippen LogP contribution is -2.58. The molecular formula is C28H42N4O3. The second-order valence-corrected chi connectivity index (χ2v) is 10.1. The van der Waals surface area contributed by atoms with Gasteiger partial charge in [0.1, 0.15) is 5.60 Å². The highest BCUT2D eigenvalue weighted by molar-refractivity contribution is 6.05. The molecule has 2 amide bonds. The quantitative estimate of drug-likeness (QED) is 0.579. The van der Waals surface area contributed by atoms with E-state index in [1.165, 1.54) is 11.6 Å². The molecule has 0 spiro atoms. The van der Waals surface area contributed by atoms with E-state index in [1.54, 1.807) is 9.80 Å². The molecule has 2 heterocycles. The summed E-state index contributed by atoms with van der Waals surface area (Å²) in [6.07, 6.45) is 1.42. The lowest BCUT2D eigenvalue weighted by Gasteiger charge is -2.44. The van der Waals surface area contributed by atoms with Crippen molar-refractivity contribution in [3.05, 3.63) is 53.3 Å². The van der Waals surface area contributed by atoms with Crippen LogP contribution >= 0.6 is 0 Å². The van der Waals surface area contributed by atoms with Gasteiger partial charge in [-0.05, 0) is 56.9 Å². The van der Waals surface area contributed by atoms with Crippen molar-refractivity contribution >= 4 is 23.4 Å². The highest BCUT2D eigenvalue weighted by atomic mass is 16.6. The topological polar surface area (TPSA) is 88.2 Å². The molecule has 1 atom stereocenters. The summed E-state index contributed by atoms with van der Waals surface area (Å²) in [5, 5.41) is 0. The third kappa shape index (κ3) is 6.74. The predicted molar refractivity (Wildman–Crippen MR) is 143 cm³/mol. The number of likely N-dealkylation sites (tertiary alicyclic amines) is 1. The summed E-state index contributed by atoms with van der Waals surface area (Å²) >= 11 is 0. The molecule has 192 valence electrons. The van der Waals surface area contributed by atoms with Crippen molar-refractivity contribution in [2.45, 2.75) is 79.4 Å². The van der Waals surface area contributed by atoms with Crippen molar-refractivity contribution in [1.82, 2.24) is 9.80 Å². The van der Waals surface area contributed by atoms with Crippen molar-refractivity contribution in [3.63, 3.8) is 0 Å². The molecule has 0 aromatic heterocycles. The minimum atomic E-state index is -0.624. The smallest absolute Gasteiger partial charge is 0.410 e. The van der Waals surface area contributed by atoms with Gasteiger partial charge in [0.2, 0.25) is 5.91 Å². The molecule has 2 aliphatic heterocycles. The highest BCUT2D eigenvalue weighted by Gasteiger charge is 2.41. The van der Waals surface area contributed by atoms with Crippen LogP contribution in [0.4, 0.5) is 10.5 Å². The van der Waals surface area contributed by atoms with Gasteiger partial charge in [-0.3, -0.25) is 14.7 Å². The fourth-order valence-electron chi connectivity index (χ4n) is 4.28. The zero-order chi connectivity index (χ0) is 26.5. The molecule has 0 saturated carbocycles. The molecule has 35 heavy (non-hydrogen) atoms. The average molecular weight is 483 g/mol. The Kier molecular flexibility index (Phi) is 9.30. The fraction of sp³-hybridized carbons (Fsp3) is 0.536. The zero-order valence-corrected chi connectivity index (χ0v) is 22.6. The van der Waals surface area contributed by atoms with Gasteiger partial charge in [-0.25, -0.2) is 4.79 Å². The van der Waals surface area contributed by atoms with E-state index in [0.717, 1.165) is 22.5 Å². The predicted octanol–water partition coefficient (Wildman–Crippen LogP) is 5.47. The van der Waals surface area contributed by atoms with Crippen LogP contribution in [0, 0.1) is 6.92 Å². The number of piperidine rings is 1. The maximum Gasteiger partial charge on any atom is 0.410 e. The number of aryl methyl sites for hydroxylation is 1. The molecule has 1 saturated heterocycles. The second-order valence-electron chi connectivity index (χ2n) is 10.1. The minimum Gasteiger partial charge on any atom is -0.444 e. The van der Waals surface area contributed by atoms with Crippen molar-refractivity contribution in [3.8, 4) is 0 Å². The van der Waals surface area contributed by atoms with E-state index >= 15 is 0 Å². The van der Waals surface area contributed by atoms with E-state index in [4.69, 9.17) is 15.5 Å². The Labute approximate surface area is 210 Å². The number of fused-ring (bicyclic) bond motifs is 1. The lowest BCUT2D eigenvalue weighted by molar-refractivity contribution is -0.126. The standard InChI is InChI=1S/C26H36N4O3.C2H6/c1-8-23(31)29-14-19(27)24-21(28-20-10-9-18(16(2)3)13-17(20)4)11-12-30(22(24)15-29)25(32)33-26(5,6)7;1-2/h8-10,13,16,22H,1,11-12,14-15,27H2,2-7H3;1-2H3. The Morgan fingerprint density at radius 3 is 2.46 bits per heavy atom. The first kappa shape index (κ1) is 28.1. The third-order valence-corrected chi connectivity index (χ3v) is 5.97. The summed E-state index contributed by atoms with van der Waals surface area (Å²) in [4.78, 5) is 33.6. The second kappa shape index (κ2) is 11.6. The first-order valence-electron chi connectivity index (χ1n) is 12.5. The van der Waals surface area contributed by atoms with Gasteiger partial charge in [-0.2, -0.15) is 0 Å². The van der Waals surface area contributed by atoms with Crippen LogP contribution in [0.15, 0.2) is 47.1 Å². The van der Waals surface area contributed by atoms with Crippen molar-refractivity contribution in [2.75, 3.05) is 19.6 Å². The number of hydrogen-bond donors (Lipinski definition) is 1. The first-order chi connectivity index (χ1) is 16.4. The van der Waals surface area contributed by atoms with Crippen LogP contribution in [0.25, 0.3) is 0 Å². The van der Waals surface area contributed by atoms with Crippen molar-refractivity contribution in [1.29, 1.82) is 0 Å². The molecule has 1 unspecified atom stereocenters. The van der Waals surface area contributed by atoms with E-state index < -0.39 is 17.7 Å². The van der Waals surface area contributed by atoms with Crippen LogP contribution in [-0.4, -0.2) is 58.8 Å². The Balaban J connectivity index is 0.00000210. The Hall–Kier alpha value is -3.09. The highest BCUT2D eigenvalue weighted by Crippen LogP contribution is 2.32. The SMILES string of the molecule is C=CC(=O)N1CC(N)=C2C(=Nc3ccc(C(C)C)cc3C)CCN(C(=O)OC(C)(C)C)C2C1.CC. The van der Waals surface area contributed by atoms with Gasteiger partial charge in [0.15, 0.2) is 0 Å². The molecule has 2 N–H and O–H groups in total. The number of carbonyl (C=O) groups is 2. The van der Waals surface area contributed by atoms with Crippen LogP contribution in [0.3, 0.4) is 0 Å². The molecule has 1 aromatic carbocycles.